The van der Waals surface area contributed by atoms with E-state index in [1.54, 1.807) is 18.2 Å². The Balaban J connectivity index is 2.10. The van der Waals surface area contributed by atoms with Gasteiger partial charge >= 0.3 is 0 Å². The summed E-state index contributed by atoms with van der Waals surface area (Å²) in [6.07, 6.45) is 4.76. The van der Waals surface area contributed by atoms with Gasteiger partial charge in [0.25, 0.3) is 0 Å². The number of benzene rings is 2. The van der Waals surface area contributed by atoms with Gasteiger partial charge in [0.1, 0.15) is 45.8 Å². The smallest absolute Gasteiger partial charge is 0.204 e. The van der Waals surface area contributed by atoms with Crippen molar-refractivity contribution in [3.8, 4) is 34.3 Å². The highest BCUT2D eigenvalue weighted by atomic mass is 16.5. The van der Waals surface area contributed by atoms with E-state index in [1.165, 1.54) is 19.2 Å². The number of hydrogen-bond acceptors (Lipinski definition) is 6. The van der Waals surface area contributed by atoms with Crippen LogP contribution in [0.5, 0.6) is 23.0 Å². The molecule has 0 amide bonds. The second kappa shape index (κ2) is 8.11. The second-order valence-corrected chi connectivity index (χ2v) is 8.45. The average Bonchev–Trinajstić information content (AvgIpc) is 2.71. The van der Waals surface area contributed by atoms with E-state index in [0.29, 0.717) is 33.9 Å². The molecule has 0 radical (unpaired) electrons. The van der Waals surface area contributed by atoms with Gasteiger partial charge in [-0.05, 0) is 38.0 Å². The van der Waals surface area contributed by atoms with Gasteiger partial charge in [0.05, 0.1) is 23.8 Å². The third-order valence-electron chi connectivity index (χ3n) is 5.29. The standard InChI is InChI=1S/C26H26O6/c1-13(2)6-8-16-18(30-5)12-21-22(24(16)28)25(29)23-20(10-14(3)4)31-19-11-15(27)7-9-17(19)26(23)32-21/h6-13,20,27-28H,1-5H3/b8-6+. The minimum Gasteiger partial charge on any atom is -0.508 e. The van der Waals surface area contributed by atoms with Crippen LogP contribution in [0.3, 0.4) is 0 Å². The molecule has 6 heteroatoms. The van der Waals surface area contributed by atoms with Crippen LogP contribution in [0.1, 0.15) is 44.9 Å². The summed E-state index contributed by atoms with van der Waals surface area (Å²) in [7, 11) is 1.50. The molecule has 0 saturated heterocycles. The molecule has 1 aliphatic rings. The largest absolute Gasteiger partial charge is 0.508 e. The first-order valence-electron chi connectivity index (χ1n) is 10.4. The highest BCUT2D eigenvalue weighted by Gasteiger charge is 2.32. The van der Waals surface area contributed by atoms with E-state index in [2.05, 4.69) is 0 Å². The summed E-state index contributed by atoms with van der Waals surface area (Å²) in [5, 5.41) is 21.1. The summed E-state index contributed by atoms with van der Waals surface area (Å²) in [6, 6.07) is 6.26. The molecule has 0 spiro atoms. The molecule has 0 saturated carbocycles. The number of allylic oxidation sites excluding steroid dienone is 2. The van der Waals surface area contributed by atoms with Gasteiger partial charge < -0.3 is 24.1 Å². The van der Waals surface area contributed by atoms with E-state index in [4.69, 9.17) is 13.9 Å². The number of phenols is 2. The molecule has 2 aromatic carbocycles. The van der Waals surface area contributed by atoms with Crippen molar-refractivity contribution < 1.29 is 24.1 Å². The Hall–Kier alpha value is -3.67. The van der Waals surface area contributed by atoms with Crippen molar-refractivity contribution in [2.45, 2.75) is 33.8 Å². The van der Waals surface area contributed by atoms with Gasteiger partial charge in [-0.15, -0.1) is 0 Å². The number of ether oxygens (including phenoxy) is 2. The molecule has 6 nitrogen and oxygen atoms in total. The van der Waals surface area contributed by atoms with Gasteiger partial charge in [0.15, 0.2) is 0 Å². The molecule has 1 aliphatic heterocycles. The van der Waals surface area contributed by atoms with Crippen LogP contribution in [0.15, 0.2) is 51.2 Å². The van der Waals surface area contributed by atoms with Crippen molar-refractivity contribution in [1.82, 2.24) is 0 Å². The molecular weight excluding hydrogens is 408 g/mol. The Morgan fingerprint density at radius 2 is 1.94 bits per heavy atom. The summed E-state index contributed by atoms with van der Waals surface area (Å²) >= 11 is 0. The quantitative estimate of drug-likeness (QED) is 0.493. The number of aromatic hydroxyl groups is 2. The van der Waals surface area contributed by atoms with Crippen molar-refractivity contribution in [3.63, 3.8) is 0 Å². The minimum absolute atomic E-state index is 0.0483. The van der Waals surface area contributed by atoms with Gasteiger partial charge in [-0.2, -0.15) is 0 Å². The average molecular weight is 434 g/mol. The summed E-state index contributed by atoms with van der Waals surface area (Å²) in [4.78, 5) is 13.7. The molecule has 2 heterocycles. The van der Waals surface area contributed by atoms with Crippen LogP contribution in [0.4, 0.5) is 0 Å². The number of phenolic OH excluding ortho intramolecular Hbond substituents is 2. The maximum atomic E-state index is 13.7. The second-order valence-electron chi connectivity index (χ2n) is 8.45. The van der Waals surface area contributed by atoms with Crippen LogP contribution in [0, 0.1) is 5.92 Å². The highest BCUT2D eigenvalue weighted by Crippen LogP contribution is 2.46. The molecule has 0 bridgehead atoms. The van der Waals surface area contributed by atoms with E-state index in [9.17, 15) is 15.0 Å². The zero-order valence-corrected chi connectivity index (χ0v) is 18.7. The molecule has 0 aliphatic carbocycles. The third-order valence-corrected chi connectivity index (χ3v) is 5.29. The Morgan fingerprint density at radius 3 is 2.59 bits per heavy atom. The van der Waals surface area contributed by atoms with Crippen molar-refractivity contribution in [2.75, 3.05) is 7.11 Å². The van der Waals surface area contributed by atoms with E-state index in [1.807, 2.05) is 39.8 Å². The Morgan fingerprint density at radius 1 is 1.19 bits per heavy atom. The van der Waals surface area contributed by atoms with Crippen molar-refractivity contribution in [2.24, 2.45) is 5.92 Å². The molecule has 1 unspecified atom stereocenters. The van der Waals surface area contributed by atoms with Crippen LogP contribution in [-0.4, -0.2) is 17.3 Å². The fourth-order valence-electron chi connectivity index (χ4n) is 3.83. The van der Waals surface area contributed by atoms with Gasteiger partial charge in [0.2, 0.25) is 5.43 Å². The normalized spacial score (nSPS) is 14.9. The summed E-state index contributed by atoms with van der Waals surface area (Å²) in [5.74, 6) is 1.26. The molecule has 2 N–H and O–H groups in total. The highest BCUT2D eigenvalue weighted by molar-refractivity contribution is 5.92. The lowest BCUT2D eigenvalue weighted by Gasteiger charge is -2.26. The summed E-state index contributed by atoms with van der Waals surface area (Å²) < 4.78 is 17.7. The topological polar surface area (TPSA) is 89.1 Å². The predicted octanol–water partition coefficient (Wildman–Crippen LogP) is 5.95. The monoisotopic (exact) mass is 434 g/mol. The molecular formula is C26H26O6. The van der Waals surface area contributed by atoms with Crippen LogP contribution in [0.2, 0.25) is 0 Å². The molecule has 1 aromatic heterocycles. The zero-order chi connectivity index (χ0) is 23.2. The maximum Gasteiger partial charge on any atom is 0.204 e. The number of fused-ring (bicyclic) bond motifs is 4. The summed E-state index contributed by atoms with van der Waals surface area (Å²) in [5.41, 5.74) is 2.06. The molecule has 4 rings (SSSR count). The fourth-order valence-corrected chi connectivity index (χ4v) is 3.83. The Bertz CT molecular complexity index is 1320. The molecule has 166 valence electrons. The minimum atomic E-state index is -0.721. The zero-order valence-electron chi connectivity index (χ0n) is 18.7. The summed E-state index contributed by atoms with van der Waals surface area (Å²) in [6.45, 7) is 7.84. The van der Waals surface area contributed by atoms with Crippen molar-refractivity contribution in [1.29, 1.82) is 0 Å². The van der Waals surface area contributed by atoms with E-state index >= 15 is 0 Å². The van der Waals surface area contributed by atoms with Gasteiger partial charge in [-0.1, -0.05) is 31.6 Å². The molecule has 3 aromatic rings. The Labute approximate surface area is 186 Å². The lowest BCUT2D eigenvalue weighted by Crippen LogP contribution is -2.22. The lowest BCUT2D eigenvalue weighted by molar-refractivity contribution is 0.243. The maximum absolute atomic E-state index is 13.7. The third kappa shape index (κ3) is 3.62. The van der Waals surface area contributed by atoms with E-state index in [-0.39, 0.29) is 33.8 Å². The van der Waals surface area contributed by atoms with Crippen molar-refractivity contribution in [3.05, 3.63) is 63.3 Å². The SMILES string of the molecule is COc1cc2oc3c(c(=O)c2c(O)c1/C=C/C(C)C)C(C=C(C)C)Oc1cc(O)ccc1-3. The van der Waals surface area contributed by atoms with Gasteiger partial charge in [-0.25, -0.2) is 0 Å². The van der Waals surface area contributed by atoms with Gasteiger partial charge in [-0.3, -0.25) is 4.79 Å². The molecule has 0 fully saturated rings. The van der Waals surface area contributed by atoms with E-state index in [0.717, 1.165) is 5.57 Å². The van der Waals surface area contributed by atoms with Gasteiger partial charge in [0, 0.05) is 12.1 Å². The lowest BCUT2D eigenvalue weighted by atomic mass is 9.94. The first-order valence-corrected chi connectivity index (χ1v) is 10.4. The number of rotatable bonds is 4. The first kappa shape index (κ1) is 21.6. The van der Waals surface area contributed by atoms with Crippen molar-refractivity contribution >= 4 is 17.0 Å². The van der Waals surface area contributed by atoms with E-state index < -0.39 is 6.10 Å². The predicted molar refractivity (Wildman–Crippen MR) is 124 cm³/mol. The molecule has 32 heavy (non-hydrogen) atoms. The van der Waals surface area contributed by atoms with Crippen LogP contribution in [-0.2, 0) is 0 Å². The number of methoxy groups -OCH3 is 1. The first-order chi connectivity index (χ1) is 15.2. The number of hydrogen-bond donors (Lipinski definition) is 2. The van der Waals surface area contributed by atoms with Crippen LogP contribution >= 0.6 is 0 Å². The molecule has 1 atom stereocenters. The van der Waals surface area contributed by atoms with Crippen LogP contribution < -0.4 is 14.9 Å². The Kier molecular flexibility index (Phi) is 5.46. The van der Waals surface area contributed by atoms with Crippen LogP contribution in [0.25, 0.3) is 28.4 Å². The fraction of sp³-hybridized carbons (Fsp3) is 0.269.